The van der Waals surface area contributed by atoms with Crippen LogP contribution in [0, 0.1) is 20.8 Å². The number of hydrogen-bond acceptors (Lipinski definition) is 1. The average Bonchev–Trinajstić information content (AvgIpc) is 3.06. The van der Waals surface area contributed by atoms with Crippen LogP contribution >= 0.6 is 0 Å². The van der Waals surface area contributed by atoms with E-state index in [9.17, 15) is 4.79 Å². The van der Waals surface area contributed by atoms with Crippen LogP contribution in [0.15, 0.2) is 91.0 Å². The third-order valence-electron chi connectivity index (χ3n) is 6.42. The Balaban J connectivity index is 1.63. The maximum Gasteiger partial charge on any atom is 0.255 e. The average molecular weight is 418 g/mol. The number of amides is 1. The molecule has 1 atom stereocenters. The highest BCUT2D eigenvalue weighted by molar-refractivity contribution is 5.99. The first-order chi connectivity index (χ1) is 15.5. The second-order valence-corrected chi connectivity index (χ2v) is 8.82. The van der Waals surface area contributed by atoms with Crippen LogP contribution in [-0.4, -0.2) is 10.8 Å². The normalized spacial score (nSPS) is 15.2. The van der Waals surface area contributed by atoms with Crippen molar-refractivity contribution in [3.05, 3.63) is 130 Å². The lowest BCUT2D eigenvalue weighted by atomic mass is 9.92. The molecule has 0 aromatic heterocycles. The molecule has 2 heteroatoms. The van der Waals surface area contributed by atoms with Crippen molar-refractivity contribution in [1.82, 2.24) is 4.90 Å². The van der Waals surface area contributed by atoms with E-state index < -0.39 is 0 Å². The summed E-state index contributed by atoms with van der Waals surface area (Å²) in [4.78, 5) is 15.6. The lowest BCUT2D eigenvalue weighted by Crippen LogP contribution is -2.28. The van der Waals surface area contributed by atoms with Crippen LogP contribution < -0.4 is 0 Å². The molecule has 1 heterocycles. The number of fused-ring (bicyclic) bond motifs is 1. The largest absolute Gasteiger partial charge is 0.323 e. The van der Waals surface area contributed by atoms with E-state index in [2.05, 4.69) is 87.5 Å². The third-order valence-corrected chi connectivity index (χ3v) is 6.42. The molecule has 0 saturated heterocycles. The van der Waals surface area contributed by atoms with Crippen molar-refractivity contribution in [2.75, 3.05) is 0 Å². The topological polar surface area (TPSA) is 20.3 Å². The smallest absolute Gasteiger partial charge is 0.255 e. The minimum absolute atomic E-state index is 0.0799. The molecule has 4 aromatic carbocycles. The fourth-order valence-corrected chi connectivity index (χ4v) is 5.02. The standard InChI is InChI=1S/C30H27NO/c1-20-13-15-24(16-14-20)29-26-11-7-8-12-27(26)30(32)31(29)19-25-18-21(2)17-22(3)28(25)23-9-5-4-6-10-23/h4-18,29H,19H2,1-3H3. The van der Waals surface area contributed by atoms with E-state index in [0.717, 1.165) is 16.7 Å². The quantitative estimate of drug-likeness (QED) is 0.349. The van der Waals surface area contributed by atoms with E-state index >= 15 is 0 Å². The molecule has 2 nitrogen and oxygen atoms in total. The van der Waals surface area contributed by atoms with Crippen LogP contribution in [0.1, 0.15) is 49.8 Å². The Kier molecular flexibility index (Phi) is 5.14. The van der Waals surface area contributed by atoms with E-state index in [4.69, 9.17) is 0 Å². The molecule has 0 aliphatic carbocycles. The van der Waals surface area contributed by atoms with Gasteiger partial charge in [-0.2, -0.15) is 0 Å². The summed E-state index contributed by atoms with van der Waals surface area (Å²) in [5, 5.41) is 0. The van der Waals surface area contributed by atoms with Gasteiger partial charge in [0, 0.05) is 12.1 Å². The van der Waals surface area contributed by atoms with Crippen molar-refractivity contribution in [2.24, 2.45) is 0 Å². The Morgan fingerprint density at radius 1 is 0.750 bits per heavy atom. The number of nitrogens with zero attached hydrogens (tertiary/aromatic N) is 1. The monoisotopic (exact) mass is 417 g/mol. The van der Waals surface area contributed by atoms with Gasteiger partial charge in [0.05, 0.1) is 6.04 Å². The Morgan fingerprint density at radius 2 is 1.44 bits per heavy atom. The summed E-state index contributed by atoms with van der Waals surface area (Å²) in [7, 11) is 0. The highest BCUT2D eigenvalue weighted by Gasteiger charge is 2.37. The minimum Gasteiger partial charge on any atom is -0.323 e. The van der Waals surface area contributed by atoms with E-state index in [1.54, 1.807) is 0 Å². The fraction of sp³-hybridized carbons (Fsp3) is 0.167. The van der Waals surface area contributed by atoms with E-state index in [0.29, 0.717) is 6.54 Å². The van der Waals surface area contributed by atoms with E-state index in [1.165, 1.54) is 33.4 Å². The molecule has 0 saturated carbocycles. The van der Waals surface area contributed by atoms with Gasteiger partial charge in [-0.15, -0.1) is 0 Å². The van der Waals surface area contributed by atoms with Gasteiger partial charge in [0.1, 0.15) is 0 Å². The predicted molar refractivity (Wildman–Crippen MR) is 131 cm³/mol. The summed E-state index contributed by atoms with van der Waals surface area (Å²) >= 11 is 0. The molecule has 0 fully saturated rings. The fourth-order valence-electron chi connectivity index (χ4n) is 5.02. The second-order valence-electron chi connectivity index (χ2n) is 8.82. The summed E-state index contributed by atoms with van der Waals surface area (Å²) < 4.78 is 0. The SMILES string of the molecule is Cc1ccc(C2c3ccccc3C(=O)N2Cc2cc(C)cc(C)c2-c2ccccc2)cc1. The molecule has 0 radical (unpaired) electrons. The molecule has 1 amide bonds. The summed E-state index contributed by atoms with van der Waals surface area (Å²) in [6.45, 7) is 6.95. The van der Waals surface area contributed by atoms with Gasteiger partial charge in [0.15, 0.2) is 0 Å². The highest BCUT2D eigenvalue weighted by Crippen LogP contribution is 2.41. The molecule has 158 valence electrons. The maximum absolute atomic E-state index is 13.6. The van der Waals surface area contributed by atoms with Crippen LogP contribution in [0.4, 0.5) is 0 Å². The number of carbonyl (C=O) groups excluding carboxylic acids is 1. The van der Waals surface area contributed by atoms with Crippen molar-refractivity contribution < 1.29 is 4.79 Å². The second kappa shape index (κ2) is 8.12. The molecule has 1 aliphatic rings. The first-order valence-electron chi connectivity index (χ1n) is 11.1. The summed E-state index contributed by atoms with van der Waals surface area (Å²) in [5.74, 6) is 0.101. The van der Waals surface area contributed by atoms with Gasteiger partial charge in [-0.1, -0.05) is 96.1 Å². The van der Waals surface area contributed by atoms with E-state index in [1.807, 2.05) is 29.2 Å². The zero-order valence-electron chi connectivity index (χ0n) is 18.8. The minimum atomic E-state index is -0.0799. The zero-order valence-corrected chi connectivity index (χ0v) is 18.8. The molecule has 32 heavy (non-hydrogen) atoms. The Bertz CT molecular complexity index is 1290. The van der Waals surface area contributed by atoms with Gasteiger partial charge in [-0.05, 0) is 60.2 Å². The number of benzene rings is 4. The van der Waals surface area contributed by atoms with Crippen molar-refractivity contribution in [2.45, 2.75) is 33.4 Å². The molecule has 4 aromatic rings. The molecule has 5 rings (SSSR count). The van der Waals surface area contributed by atoms with Gasteiger partial charge in [-0.25, -0.2) is 0 Å². The molecule has 0 bridgehead atoms. The molecule has 0 N–H and O–H groups in total. The Labute approximate surface area is 190 Å². The summed E-state index contributed by atoms with van der Waals surface area (Å²) in [6.07, 6.45) is 0. The van der Waals surface area contributed by atoms with Gasteiger partial charge in [0.2, 0.25) is 0 Å². The van der Waals surface area contributed by atoms with Gasteiger partial charge >= 0.3 is 0 Å². The summed E-state index contributed by atoms with van der Waals surface area (Å²) in [6, 6.07) is 31.5. The maximum atomic E-state index is 13.6. The molecular weight excluding hydrogens is 390 g/mol. The van der Waals surface area contributed by atoms with Crippen LogP contribution in [0.3, 0.4) is 0 Å². The number of aryl methyl sites for hydroxylation is 3. The first-order valence-corrected chi connectivity index (χ1v) is 11.1. The Morgan fingerprint density at radius 3 is 2.19 bits per heavy atom. The predicted octanol–water partition coefficient (Wildman–Crippen LogP) is 7.02. The van der Waals surface area contributed by atoms with Crippen molar-refractivity contribution >= 4 is 5.91 Å². The van der Waals surface area contributed by atoms with Crippen molar-refractivity contribution in [3.63, 3.8) is 0 Å². The molecule has 0 spiro atoms. The van der Waals surface area contributed by atoms with Crippen LogP contribution in [0.5, 0.6) is 0 Å². The Hall–Kier alpha value is -3.65. The molecule has 1 unspecified atom stereocenters. The summed E-state index contributed by atoms with van der Waals surface area (Å²) in [5.41, 5.74) is 10.3. The van der Waals surface area contributed by atoms with Crippen LogP contribution in [-0.2, 0) is 6.54 Å². The van der Waals surface area contributed by atoms with Crippen molar-refractivity contribution in [3.8, 4) is 11.1 Å². The van der Waals surface area contributed by atoms with Gasteiger partial charge in [-0.3, -0.25) is 4.79 Å². The molecular formula is C30H27NO. The van der Waals surface area contributed by atoms with Gasteiger partial charge < -0.3 is 4.90 Å². The third kappa shape index (κ3) is 3.52. The van der Waals surface area contributed by atoms with Gasteiger partial charge in [0.25, 0.3) is 5.91 Å². The van der Waals surface area contributed by atoms with Crippen molar-refractivity contribution in [1.29, 1.82) is 0 Å². The van der Waals surface area contributed by atoms with E-state index in [-0.39, 0.29) is 11.9 Å². The molecule has 1 aliphatic heterocycles. The number of rotatable bonds is 4. The lowest BCUT2D eigenvalue weighted by Gasteiger charge is -2.28. The lowest BCUT2D eigenvalue weighted by molar-refractivity contribution is 0.0736. The number of hydrogen-bond donors (Lipinski definition) is 0. The highest BCUT2D eigenvalue weighted by atomic mass is 16.2. The van der Waals surface area contributed by atoms with Crippen LogP contribution in [0.2, 0.25) is 0 Å². The number of carbonyl (C=O) groups is 1. The first kappa shape index (κ1) is 20.3. The van der Waals surface area contributed by atoms with Crippen LogP contribution in [0.25, 0.3) is 11.1 Å². The zero-order chi connectivity index (χ0) is 22.2.